The monoisotopic (exact) mass is 337 g/mol. The number of ether oxygens (including phenoxy) is 1. The number of imide groups is 1. The standard InChI is InChI=1S/C19H15NO3S/c1-2-12-23-16-10-8-14(9-11-16)13-17-18(21)20(19(22)24-17)15-6-4-3-5-7-15/h2-11,13H,1,12H2. The molecule has 0 radical (unpaired) electrons. The van der Waals surface area contributed by atoms with Gasteiger partial charge in [0.2, 0.25) is 0 Å². The summed E-state index contributed by atoms with van der Waals surface area (Å²) in [6, 6.07) is 16.2. The van der Waals surface area contributed by atoms with Crippen molar-refractivity contribution in [2.75, 3.05) is 11.5 Å². The van der Waals surface area contributed by atoms with E-state index < -0.39 is 0 Å². The Balaban J connectivity index is 1.80. The van der Waals surface area contributed by atoms with Crippen LogP contribution in [0.25, 0.3) is 6.08 Å². The Morgan fingerprint density at radius 3 is 2.42 bits per heavy atom. The predicted molar refractivity (Wildman–Crippen MR) is 97.0 cm³/mol. The van der Waals surface area contributed by atoms with Crippen LogP contribution in [0.1, 0.15) is 5.56 Å². The maximum absolute atomic E-state index is 12.5. The van der Waals surface area contributed by atoms with Crippen molar-refractivity contribution in [2.24, 2.45) is 0 Å². The summed E-state index contributed by atoms with van der Waals surface area (Å²) in [5.41, 5.74) is 1.41. The molecule has 4 nitrogen and oxygen atoms in total. The highest BCUT2D eigenvalue weighted by Gasteiger charge is 2.36. The fourth-order valence-corrected chi connectivity index (χ4v) is 3.08. The Bertz CT molecular complexity index is 797. The summed E-state index contributed by atoms with van der Waals surface area (Å²) in [5.74, 6) is 0.424. The molecule has 0 saturated carbocycles. The van der Waals surface area contributed by atoms with Gasteiger partial charge in [0.1, 0.15) is 12.4 Å². The molecule has 120 valence electrons. The molecule has 0 aliphatic carbocycles. The minimum atomic E-state index is -0.303. The molecule has 0 spiro atoms. The molecule has 0 unspecified atom stereocenters. The van der Waals surface area contributed by atoms with E-state index in [2.05, 4.69) is 6.58 Å². The average molecular weight is 337 g/mol. The molecule has 2 aromatic rings. The van der Waals surface area contributed by atoms with Crippen molar-refractivity contribution in [2.45, 2.75) is 0 Å². The molecule has 0 atom stereocenters. The van der Waals surface area contributed by atoms with Crippen molar-refractivity contribution in [3.8, 4) is 5.75 Å². The maximum atomic E-state index is 12.5. The van der Waals surface area contributed by atoms with E-state index in [-0.39, 0.29) is 11.1 Å². The first-order valence-electron chi connectivity index (χ1n) is 7.36. The van der Waals surface area contributed by atoms with Crippen LogP contribution in [-0.2, 0) is 4.79 Å². The number of hydrogen-bond donors (Lipinski definition) is 0. The molecule has 24 heavy (non-hydrogen) atoms. The Morgan fingerprint density at radius 1 is 1.04 bits per heavy atom. The smallest absolute Gasteiger partial charge is 0.298 e. The quantitative estimate of drug-likeness (QED) is 0.596. The topological polar surface area (TPSA) is 46.6 Å². The van der Waals surface area contributed by atoms with Crippen LogP contribution in [0.4, 0.5) is 10.5 Å². The number of amides is 2. The van der Waals surface area contributed by atoms with E-state index in [0.717, 1.165) is 23.1 Å². The molecule has 3 rings (SSSR count). The van der Waals surface area contributed by atoms with Crippen LogP contribution in [0.2, 0.25) is 0 Å². The van der Waals surface area contributed by atoms with Crippen molar-refractivity contribution in [1.29, 1.82) is 0 Å². The average Bonchev–Trinajstić information content (AvgIpc) is 2.88. The number of rotatable bonds is 5. The van der Waals surface area contributed by atoms with Crippen LogP contribution in [0.3, 0.4) is 0 Å². The van der Waals surface area contributed by atoms with Crippen LogP contribution in [-0.4, -0.2) is 17.8 Å². The molecule has 0 N–H and O–H groups in total. The third-order valence-electron chi connectivity index (χ3n) is 3.35. The molecule has 1 saturated heterocycles. The second kappa shape index (κ2) is 7.19. The molecule has 0 aromatic heterocycles. The normalized spacial score (nSPS) is 15.8. The van der Waals surface area contributed by atoms with Gasteiger partial charge in [0.05, 0.1) is 10.6 Å². The number of benzene rings is 2. The summed E-state index contributed by atoms with van der Waals surface area (Å²) in [6.07, 6.45) is 3.39. The minimum Gasteiger partial charge on any atom is -0.490 e. The number of hydrogen-bond acceptors (Lipinski definition) is 4. The van der Waals surface area contributed by atoms with Gasteiger partial charge < -0.3 is 4.74 Å². The molecule has 2 amide bonds. The number of carbonyl (C=O) groups is 2. The lowest BCUT2D eigenvalue weighted by Gasteiger charge is -2.11. The predicted octanol–water partition coefficient (Wildman–Crippen LogP) is 4.49. The second-order valence-corrected chi connectivity index (χ2v) is 6.01. The number of thioether (sulfide) groups is 1. The van der Waals surface area contributed by atoms with Gasteiger partial charge in [0, 0.05) is 0 Å². The fraction of sp³-hybridized carbons (Fsp3) is 0.0526. The van der Waals surface area contributed by atoms with Crippen LogP contribution in [0.5, 0.6) is 5.75 Å². The van der Waals surface area contributed by atoms with Crippen molar-refractivity contribution in [3.63, 3.8) is 0 Å². The molecular weight excluding hydrogens is 322 g/mol. The first-order valence-corrected chi connectivity index (χ1v) is 8.17. The van der Waals surface area contributed by atoms with E-state index in [1.807, 2.05) is 30.3 Å². The highest BCUT2D eigenvalue weighted by molar-refractivity contribution is 8.19. The maximum Gasteiger partial charge on any atom is 0.298 e. The number of nitrogens with zero attached hydrogens (tertiary/aromatic N) is 1. The third-order valence-corrected chi connectivity index (χ3v) is 4.22. The molecule has 0 bridgehead atoms. The van der Waals surface area contributed by atoms with Crippen molar-refractivity contribution in [1.82, 2.24) is 0 Å². The Morgan fingerprint density at radius 2 is 1.75 bits per heavy atom. The molecule has 2 aromatic carbocycles. The van der Waals surface area contributed by atoms with Crippen molar-refractivity contribution in [3.05, 3.63) is 77.7 Å². The molecule has 1 aliphatic heterocycles. The molecule has 1 heterocycles. The largest absolute Gasteiger partial charge is 0.490 e. The molecule has 1 aliphatic rings. The number of para-hydroxylation sites is 1. The van der Waals surface area contributed by atoms with Crippen LogP contribution in [0, 0.1) is 0 Å². The van der Waals surface area contributed by atoms with Gasteiger partial charge in [0.25, 0.3) is 11.1 Å². The zero-order valence-corrected chi connectivity index (χ0v) is 13.7. The van der Waals surface area contributed by atoms with Gasteiger partial charge in [0.15, 0.2) is 0 Å². The molecule has 5 heteroatoms. The fourth-order valence-electron chi connectivity index (χ4n) is 2.23. The first-order chi connectivity index (χ1) is 11.7. The van der Waals surface area contributed by atoms with Crippen LogP contribution < -0.4 is 9.64 Å². The lowest BCUT2D eigenvalue weighted by atomic mass is 10.2. The van der Waals surface area contributed by atoms with Gasteiger partial charge in [-0.1, -0.05) is 43.0 Å². The van der Waals surface area contributed by atoms with Gasteiger partial charge >= 0.3 is 0 Å². The number of anilines is 1. The zero-order valence-electron chi connectivity index (χ0n) is 12.8. The second-order valence-electron chi connectivity index (χ2n) is 5.02. The van der Waals surface area contributed by atoms with Gasteiger partial charge in [-0.3, -0.25) is 9.59 Å². The van der Waals surface area contributed by atoms with Gasteiger partial charge in [-0.05, 0) is 47.7 Å². The minimum absolute atomic E-state index is 0.289. The highest BCUT2D eigenvalue weighted by Crippen LogP contribution is 2.35. The Kier molecular flexibility index (Phi) is 4.82. The van der Waals surface area contributed by atoms with Gasteiger partial charge in [-0.15, -0.1) is 0 Å². The van der Waals surface area contributed by atoms with E-state index in [1.165, 1.54) is 4.90 Å². The first kappa shape index (κ1) is 16.1. The lowest BCUT2D eigenvalue weighted by Crippen LogP contribution is -2.27. The summed E-state index contributed by atoms with van der Waals surface area (Å²) in [7, 11) is 0. The Hall–Kier alpha value is -2.79. The van der Waals surface area contributed by atoms with Crippen LogP contribution in [0.15, 0.2) is 72.2 Å². The summed E-state index contributed by atoms with van der Waals surface area (Å²) in [4.78, 5) is 26.3. The SMILES string of the molecule is C=CCOc1ccc(C=C2SC(=O)N(c3ccccc3)C2=O)cc1. The lowest BCUT2D eigenvalue weighted by molar-refractivity contribution is -0.113. The summed E-state index contributed by atoms with van der Waals surface area (Å²) < 4.78 is 5.42. The van der Waals surface area contributed by atoms with E-state index in [9.17, 15) is 9.59 Å². The van der Waals surface area contributed by atoms with E-state index in [0.29, 0.717) is 17.2 Å². The third kappa shape index (κ3) is 3.41. The highest BCUT2D eigenvalue weighted by atomic mass is 32.2. The molecule has 1 fully saturated rings. The van der Waals surface area contributed by atoms with Gasteiger partial charge in [-0.25, -0.2) is 4.90 Å². The van der Waals surface area contributed by atoms with Crippen molar-refractivity contribution < 1.29 is 14.3 Å². The number of carbonyl (C=O) groups excluding carboxylic acids is 2. The van der Waals surface area contributed by atoms with Gasteiger partial charge in [-0.2, -0.15) is 0 Å². The van der Waals surface area contributed by atoms with E-state index in [4.69, 9.17) is 4.74 Å². The summed E-state index contributed by atoms with van der Waals surface area (Å²) in [5, 5.41) is -0.289. The van der Waals surface area contributed by atoms with E-state index in [1.54, 1.807) is 36.4 Å². The van der Waals surface area contributed by atoms with E-state index >= 15 is 0 Å². The summed E-state index contributed by atoms with van der Waals surface area (Å²) in [6.45, 7) is 4.04. The Labute approximate surface area is 144 Å². The molecular formula is C19H15NO3S. The summed E-state index contributed by atoms with van der Waals surface area (Å²) >= 11 is 0.944. The zero-order chi connectivity index (χ0) is 16.9. The van der Waals surface area contributed by atoms with Crippen LogP contribution >= 0.6 is 11.8 Å². The van der Waals surface area contributed by atoms with Crippen molar-refractivity contribution >= 4 is 34.7 Å².